The van der Waals surface area contributed by atoms with Crippen LogP contribution in [-0.2, 0) is 47.1 Å². The fraction of sp³-hybridized carbons (Fsp3) is 0.850. The largest absolute Gasteiger partial charge is 0.481 e. The van der Waals surface area contributed by atoms with Gasteiger partial charge in [-0.05, 0) is 96.3 Å². The van der Waals surface area contributed by atoms with Crippen LogP contribution in [0.1, 0.15) is 329 Å². The maximum atomic E-state index is 10.4. The molecule has 0 spiro atoms. The van der Waals surface area contributed by atoms with Gasteiger partial charge >= 0.3 is 17.9 Å². The van der Waals surface area contributed by atoms with Gasteiger partial charge in [-0.3, -0.25) is 14.4 Å². The quantitative estimate of drug-likeness (QED) is 0.0413. The zero-order valence-corrected chi connectivity index (χ0v) is 47.9. The molecule has 0 aromatic heterocycles. The van der Waals surface area contributed by atoms with E-state index in [1.54, 1.807) is 0 Å². The summed E-state index contributed by atoms with van der Waals surface area (Å²) < 4.78 is 0. The molecule has 67 heavy (non-hydrogen) atoms. The Bertz CT molecular complexity index is 911. The van der Waals surface area contributed by atoms with Crippen molar-refractivity contribution in [3.8, 4) is 0 Å². The Morgan fingerprint density at radius 2 is 0.373 bits per heavy atom. The van der Waals surface area contributed by atoms with Gasteiger partial charge in [-0.2, -0.15) is 0 Å². The van der Waals surface area contributed by atoms with E-state index in [-0.39, 0.29) is 32.7 Å². The molecule has 0 aliphatic heterocycles. The molecule has 393 valence electrons. The second-order valence-corrected chi connectivity index (χ2v) is 19.3. The summed E-state index contributed by atoms with van der Waals surface area (Å²) >= 11 is 0. The van der Waals surface area contributed by atoms with Crippen LogP contribution in [-0.4, -0.2) is 33.2 Å². The molecule has 1 radical (unpaired) electrons. The van der Waals surface area contributed by atoms with E-state index in [4.69, 9.17) is 15.3 Å². The smallest absolute Gasteiger partial charge is 0.303 e. The topological polar surface area (TPSA) is 112 Å². The molecule has 0 aliphatic rings. The Morgan fingerprint density at radius 3 is 0.522 bits per heavy atom. The molecule has 0 rings (SSSR count). The Kier molecular flexibility index (Phi) is 74.4. The third kappa shape index (κ3) is 82.0. The fourth-order valence-corrected chi connectivity index (χ4v) is 8.10. The van der Waals surface area contributed by atoms with E-state index >= 15 is 0 Å². The van der Waals surface area contributed by atoms with Gasteiger partial charge in [0.1, 0.15) is 0 Å². The fourth-order valence-electron chi connectivity index (χ4n) is 8.10. The van der Waals surface area contributed by atoms with Crippen LogP contribution in [0.4, 0.5) is 0 Å². The molecule has 3 N–H and O–H groups in total. The van der Waals surface area contributed by atoms with Crippen molar-refractivity contribution < 1.29 is 62.4 Å². The van der Waals surface area contributed by atoms with Crippen LogP contribution in [0.15, 0.2) is 36.5 Å². The summed E-state index contributed by atoms with van der Waals surface area (Å²) in [4.78, 5) is 31.1. The van der Waals surface area contributed by atoms with Crippen molar-refractivity contribution in [2.24, 2.45) is 0 Å². The second-order valence-electron chi connectivity index (χ2n) is 19.3. The van der Waals surface area contributed by atoms with Gasteiger partial charge in [-0.1, -0.05) is 250 Å². The molecular formula is C60H114O6Y. The average molecular weight is 1020 g/mol. The summed E-state index contributed by atoms with van der Waals surface area (Å²) in [6.45, 7) is 6.80. The summed E-state index contributed by atoms with van der Waals surface area (Å²) in [5.41, 5.74) is 0. The van der Waals surface area contributed by atoms with Crippen molar-refractivity contribution >= 4 is 17.9 Å². The Hall–Kier alpha value is -1.27. The summed E-state index contributed by atoms with van der Waals surface area (Å²) in [5.74, 6) is -1.98. The molecule has 0 saturated carbocycles. The van der Waals surface area contributed by atoms with Gasteiger partial charge in [0.25, 0.3) is 0 Å². The summed E-state index contributed by atoms with van der Waals surface area (Å²) in [7, 11) is 0. The number of hydrogen-bond acceptors (Lipinski definition) is 3. The van der Waals surface area contributed by atoms with Crippen LogP contribution in [0.5, 0.6) is 0 Å². The first-order valence-corrected chi connectivity index (χ1v) is 28.9. The maximum Gasteiger partial charge on any atom is 0.303 e. The molecular weight excluding hydrogens is 906 g/mol. The number of aliphatic carboxylic acids is 3. The van der Waals surface area contributed by atoms with Crippen molar-refractivity contribution in [1.82, 2.24) is 0 Å². The van der Waals surface area contributed by atoms with Crippen molar-refractivity contribution in [2.45, 2.75) is 329 Å². The first-order valence-electron chi connectivity index (χ1n) is 28.9. The zero-order valence-electron chi connectivity index (χ0n) is 45.0. The van der Waals surface area contributed by atoms with Gasteiger partial charge in [0.15, 0.2) is 0 Å². The van der Waals surface area contributed by atoms with Crippen molar-refractivity contribution in [2.75, 3.05) is 0 Å². The van der Waals surface area contributed by atoms with E-state index in [0.29, 0.717) is 19.3 Å². The zero-order chi connectivity index (χ0) is 48.9. The number of rotatable bonds is 51. The van der Waals surface area contributed by atoms with Crippen LogP contribution in [0.3, 0.4) is 0 Å². The monoisotopic (exact) mass is 1020 g/mol. The number of carboxylic acid groups (broad SMARTS) is 3. The van der Waals surface area contributed by atoms with Gasteiger partial charge in [-0.25, -0.2) is 0 Å². The van der Waals surface area contributed by atoms with Crippen LogP contribution in [0.2, 0.25) is 0 Å². The number of carbonyl (C=O) groups is 3. The van der Waals surface area contributed by atoms with Gasteiger partial charge in [0, 0.05) is 52.0 Å². The molecule has 0 aromatic rings. The summed E-state index contributed by atoms with van der Waals surface area (Å²) in [6.07, 6.45) is 72.5. The van der Waals surface area contributed by atoms with E-state index in [1.165, 1.54) is 250 Å². The van der Waals surface area contributed by atoms with Gasteiger partial charge in [0.2, 0.25) is 0 Å². The third-order valence-electron chi connectivity index (χ3n) is 12.5. The summed E-state index contributed by atoms with van der Waals surface area (Å²) in [5, 5.41) is 25.6. The Morgan fingerprint density at radius 1 is 0.239 bits per heavy atom. The number of carboxylic acids is 3. The van der Waals surface area contributed by atoms with Crippen LogP contribution in [0, 0.1) is 0 Å². The normalized spacial score (nSPS) is 11.1. The predicted molar refractivity (Wildman–Crippen MR) is 289 cm³/mol. The molecule has 7 heteroatoms. The molecule has 0 aliphatic carbocycles. The van der Waals surface area contributed by atoms with Gasteiger partial charge in [-0.15, -0.1) is 0 Å². The van der Waals surface area contributed by atoms with E-state index in [2.05, 4.69) is 57.2 Å². The second kappa shape index (κ2) is 69.0. The van der Waals surface area contributed by atoms with Gasteiger partial charge < -0.3 is 15.3 Å². The minimum Gasteiger partial charge on any atom is -0.481 e. The molecule has 0 unspecified atom stereocenters. The number of allylic oxidation sites excluding steroid dienone is 6. The van der Waals surface area contributed by atoms with Crippen molar-refractivity contribution in [1.29, 1.82) is 0 Å². The number of hydrogen-bond donors (Lipinski definition) is 3. The first kappa shape index (κ1) is 72.3. The van der Waals surface area contributed by atoms with Crippen LogP contribution >= 0.6 is 0 Å². The molecule has 0 amide bonds. The SMILES string of the molecule is CCCCCCCC/C=C\CCCCCCCCCC(=O)O.CCCCCCCC/C=C\CCCCCCCCCC(=O)O.CCCCCCCC/C=C\CCCCCCCCCC(=O)O.[Y]. The molecule has 0 atom stereocenters. The molecule has 0 saturated heterocycles. The minimum absolute atomic E-state index is 0. The first-order chi connectivity index (χ1) is 32.3. The van der Waals surface area contributed by atoms with Crippen molar-refractivity contribution in [3.63, 3.8) is 0 Å². The molecule has 0 fully saturated rings. The maximum absolute atomic E-state index is 10.4. The van der Waals surface area contributed by atoms with E-state index < -0.39 is 17.9 Å². The average Bonchev–Trinajstić information content (AvgIpc) is 3.29. The van der Waals surface area contributed by atoms with Gasteiger partial charge in [0.05, 0.1) is 0 Å². The van der Waals surface area contributed by atoms with Crippen LogP contribution in [0.25, 0.3) is 0 Å². The predicted octanol–water partition coefficient (Wildman–Crippen LogP) is 20.7. The van der Waals surface area contributed by atoms with E-state index in [0.717, 1.165) is 38.5 Å². The molecule has 0 aromatic carbocycles. The Balaban J connectivity index is -0.000000441. The van der Waals surface area contributed by atoms with E-state index in [9.17, 15) is 14.4 Å². The molecule has 0 heterocycles. The molecule has 6 nitrogen and oxygen atoms in total. The minimum atomic E-state index is -0.659. The number of unbranched alkanes of at least 4 members (excludes halogenated alkanes) is 39. The van der Waals surface area contributed by atoms with Crippen molar-refractivity contribution in [3.05, 3.63) is 36.5 Å². The van der Waals surface area contributed by atoms with E-state index in [1.807, 2.05) is 0 Å². The molecule has 0 bridgehead atoms. The Labute approximate surface area is 442 Å². The summed E-state index contributed by atoms with van der Waals surface area (Å²) in [6, 6.07) is 0. The van der Waals surface area contributed by atoms with Crippen LogP contribution < -0.4 is 0 Å². The third-order valence-corrected chi connectivity index (χ3v) is 12.5. The standard InChI is InChI=1S/3C20H38O2.Y/c3*1-2-3-4-5-6-7-8-9-10-11-12-13-14-15-16-17-18-19-20(21)22;/h3*9-10H,2-8,11-19H2,1H3,(H,21,22);/b3*10-9-;.